The lowest BCUT2D eigenvalue weighted by atomic mass is 9.89. The standard InChI is InChI=1S/C13H24N2Si/c1-15(2)12-9-13(16(3,4)14)11-8-6-5-7-10(11)12/h5-8,10-13H,9,14H2,1-4H3. The molecule has 0 aromatic carbocycles. The van der Waals surface area contributed by atoms with Gasteiger partial charge in [0.25, 0.3) is 0 Å². The van der Waals surface area contributed by atoms with Gasteiger partial charge in [-0.15, -0.1) is 0 Å². The zero-order valence-electron chi connectivity index (χ0n) is 10.9. The highest BCUT2D eigenvalue weighted by atomic mass is 28.3. The van der Waals surface area contributed by atoms with Gasteiger partial charge in [0, 0.05) is 6.04 Å². The van der Waals surface area contributed by atoms with Gasteiger partial charge in [0.2, 0.25) is 0 Å². The Morgan fingerprint density at radius 3 is 2.19 bits per heavy atom. The van der Waals surface area contributed by atoms with E-state index in [2.05, 4.69) is 56.4 Å². The van der Waals surface area contributed by atoms with Gasteiger partial charge in [0.05, 0.1) is 0 Å². The fourth-order valence-corrected chi connectivity index (χ4v) is 5.53. The number of nitrogens with two attached hydrogens (primary N) is 1. The molecule has 16 heavy (non-hydrogen) atoms. The fraction of sp³-hybridized carbons (Fsp3) is 0.692. The lowest BCUT2D eigenvalue weighted by molar-refractivity contribution is 0.254. The molecule has 2 rings (SSSR count). The van der Waals surface area contributed by atoms with Crippen molar-refractivity contribution in [2.45, 2.75) is 31.1 Å². The predicted octanol–water partition coefficient (Wildman–Crippen LogP) is 2.21. The molecule has 90 valence electrons. The highest BCUT2D eigenvalue weighted by Crippen LogP contribution is 2.49. The number of allylic oxidation sites excluding steroid dienone is 3. The molecule has 4 atom stereocenters. The summed E-state index contributed by atoms with van der Waals surface area (Å²) in [7, 11) is 2.86. The van der Waals surface area contributed by atoms with E-state index in [0.717, 1.165) is 5.54 Å². The van der Waals surface area contributed by atoms with E-state index >= 15 is 0 Å². The van der Waals surface area contributed by atoms with Crippen molar-refractivity contribution >= 4 is 8.24 Å². The molecule has 0 aliphatic heterocycles. The molecule has 0 spiro atoms. The summed E-state index contributed by atoms with van der Waals surface area (Å²) in [5, 5.41) is 6.47. The Morgan fingerprint density at radius 1 is 1.12 bits per heavy atom. The molecule has 0 bridgehead atoms. The Labute approximate surface area is 100 Å². The van der Waals surface area contributed by atoms with Crippen molar-refractivity contribution in [2.24, 2.45) is 17.2 Å². The maximum Gasteiger partial charge on any atom is 0.120 e. The molecule has 3 heteroatoms. The summed E-state index contributed by atoms with van der Waals surface area (Å²) in [6.45, 7) is 4.61. The Balaban J connectivity index is 2.26. The Bertz CT molecular complexity index is 314. The summed E-state index contributed by atoms with van der Waals surface area (Å²) in [6.07, 6.45) is 10.4. The van der Waals surface area contributed by atoms with Crippen LogP contribution < -0.4 is 5.40 Å². The highest BCUT2D eigenvalue weighted by molar-refractivity contribution is 6.75. The Kier molecular flexibility index (Phi) is 3.12. The van der Waals surface area contributed by atoms with Crippen LogP contribution in [0.5, 0.6) is 0 Å². The third kappa shape index (κ3) is 2.04. The number of rotatable bonds is 2. The second-order valence-electron chi connectivity index (χ2n) is 6.12. The molecule has 0 saturated heterocycles. The fourth-order valence-electron chi connectivity index (χ4n) is 3.36. The molecule has 0 radical (unpaired) electrons. The highest BCUT2D eigenvalue weighted by Gasteiger charge is 2.47. The first kappa shape index (κ1) is 12.1. The zero-order valence-corrected chi connectivity index (χ0v) is 11.9. The van der Waals surface area contributed by atoms with Crippen molar-refractivity contribution in [2.75, 3.05) is 14.1 Å². The van der Waals surface area contributed by atoms with Crippen molar-refractivity contribution in [3.05, 3.63) is 24.3 Å². The third-order valence-electron chi connectivity index (χ3n) is 4.25. The average molecular weight is 236 g/mol. The van der Waals surface area contributed by atoms with E-state index in [9.17, 15) is 0 Å². The maximum absolute atomic E-state index is 6.47. The Morgan fingerprint density at radius 2 is 1.69 bits per heavy atom. The molecular weight excluding hydrogens is 212 g/mol. The summed E-state index contributed by atoms with van der Waals surface area (Å²) < 4.78 is 0. The molecule has 2 N–H and O–H groups in total. The average Bonchev–Trinajstić information content (AvgIpc) is 2.56. The summed E-state index contributed by atoms with van der Waals surface area (Å²) in [5.41, 5.74) is 0.728. The van der Waals surface area contributed by atoms with Crippen LogP contribution in [0.1, 0.15) is 6.42 Å². The number of hydrogen-bond donors (Lipinski definition) is 1. The van der Waals surface area contributed by atoms with E-state index in [-0.39, 0.29) is 0 Å². The molecule has 0 heterocycles. The molecule has 2 aliphatic carbocycles. The topological polar surface area (TPSA) is 29.3 Å². The van der Waals surface area contributed by atoms with Crippen LogP contribution in [-0.2, 0) is 0 Å². The van der Waals surface area contributed by atoms with Crippen LogP contribution in [0.4, 0.5) is 0 Å². The number of hydrogen-bond acceptors (Lipinski definition) is 2. The van der Waals surface area contributed by atoms with Crippen LogP contribution in [0.2, 0.25) is 18.6 Å². The van der Waals surface area contributed by atoms with Gasteiger partial charge in [-0.1, -0.05) is 37.4 Å². The molecule has 2 aliphatic rings. The van der Waals surface area contributed by atoms with E-state index in [4.69, 9.17) is 5.40 Å². The lowest BCUT2D eigenvalue weighted by Gasteiger charge is -2.30. The summed E-state index contributed by atoms with van der Waals surface area (Å²) in [5.74, 6) is 1.37. The number of fused-ring (bicyclic) bond motifs is 1. The van der Waals surface area contributed by atoms with Gasteiger partial charge in [-0.2, -0.15) is 0 Å². The van der Waals surface area contributed by atoms with Gasteiger partial charge in [-0.25, -0.2) is 0 Å². The van der Waals surface area contributed by atoms with Crippen LogP contribution in [0, 0.1) is 11.8 Å². The van der Waals surface area contributed by atoms with E-state index in [0.29, 0.717) is 17.9 Å². The maximum atomic E-state index is 6.47. The molecule has 1 saturated carbocycles. The second-order valence-corrected chi connectivity index (χ2v) is 10.5. The summed E-state index contributed by atoms with van der Waals surface area (Å²) in [6, 6.07) is 0.673. The summed E-state index contributed by atoms with van der Waals surface area (Å²) in [4.78, 5) is 2.38. The zero-order chi connectivity index (χ0) is 11.9. The van der Waals surface area contributed by atoms with Crippen molar-refractivity contribution in [1.82, 2.24) is 4.90 Å². The van der Waals surface area contributed by atoms with E-state index < -0.39 is 8.24 Å². The monoisotopic (exact) mass is 236 g/mol. The third-order valence-corrected chi connectivity index (χ3v) is 6.78. The number of nitrogens with zero attached hydrogens (tertiary/aromatic N) is 1. The first-order valence-corrected chi connectivity index (χ1v) is 9.37. The van der Waals surface area contributed by atoms with Gasteiger partial charge in [0.15, 0.2) is 0 Å². The van der Waals surface area contributed by atoms with Crippen LogP contribution in [-0.4, -0.2) is 33.3 Å². The van der Waals surface area contributed by atoms with E-state index in [1.54, 1.807) is 0 Å². The van der Waals surface area contributed by atoms with Crippen molar-refractivity contribution in [1.29, 1.82) is 0 Å². The quantitative estimate of drug-likeness (QED) is 0.745. The van der Waals surface area contributed by atoms with Gasteiger partial charge in [0.1, 0.15) is 8.24 Å². The van der Waals surface area contributed by atoms with Crippen LogP contribution in [0.3, 0.4) is 0 Å². The molecule has 1 fully saturated rings. The van der Waals surface area contributed by atoms with Crippen molar-refractivity contribution < 1.29 is 0 Å². The van der Waals surface area contributed by atoms with Gasteiger partial charge in [-0.3, -0.25) is 0 Å². The van der Waals surface area contributed by atoms with Gasteiger partial charge >= 0.3 is 0 Å². The molecule has 2 nitrogen and oxygen atoms in total. The Hall–Kier alpha value is -0.383. The minimum atomic E-state index is -1.53. The van der Waals surface area contributed by atoms with E-state index in [1.807, 2.05) is 0 Å². The smallest absolute Gasteiger partial charge is 0.120 e. The largest absolute Gasteiger partial charge is 0.351 e. The summed E-state index contributed by atoms with van der Waals surface area (Å²) >= 11 is 0. The van der Waals surface area contributed by atoms with Crippen molar-refractivity contribution in [3.8, 4) is 0 Å². The SMILES string of the molecule is CN(C)C1CC([Si](C)(C)N)C2C=CC=CC21. The van der Waals surface area contributed by atoms with Crippen molar-refractivity contribution in [3.63, 3.8) is 0 Å². The first-order chi connectivity index (χ1) is 7.41. The molecule has 4 unspecified atom stereocenters. The second kappa shape index (κ2) is 4.13. The minimum Gasteiger partial charge on any atom is -0.351 e. The predicted molar refractivity (Wildman–Crippen MR) is 72.8 cm³/mol. The molecular formula is C13H24N2Si. The molecule has 0 amide bonds. The van der Waals surface area contributed by atoms with Gasteiger partial charge in [-0.05, 0) is 37.9 Å². The van der Waals surface area contributed by atoms with Crippen LogP contribution >= 0.6 is 0 Å². The van der Waals surface area contributed by atoms with Crippen LogP contribution in [0.25, 0.3) is 0 Å². The lowest BCUT2D eigenvalue weighted by Crippen LogP contribution is -2.45. The normalized spacial score (nSPS) is 38.1. The first-order valence-electron chi connectivity index (χ1n) is 6.21. The molecule has 0 aromatic rings. The van der Waals surface area contributed by atoms with Gasteiger partial charge < -0.3 is 10.3 Å². The minimum absolute atomic E-state index is 0.673. The molecule has 0 aromatic heterocycles. The van der Waals surface area contributed by atoms with Crippen LogP contribution in [0.15, 0.2) is 24.3 Å². The van der Waals surface area contributed by atoms with E-state index in [1.165, 1.54) is 6.42 Å².